The Labute approximate surface area is 199 Å². The zero-order valence-electron chi connectivity index (χ0n) is 21.5. The van der Waals surface area contributed by atoms with Crippen molar-refractivity contribution in [1.29, 1.82) is 0 Å². The van der Waals surface area contributed by atoms with Crippen LogP contribution in [-0.4, -0.2) is 0 Å². The molecule has 32 heavy (non-hydrogen) atoms. The van der Waals surface area contributed by atoms with E-state index in [1.165, 1.54) is 105 Å². The first-order valence-corrected chi connectivity index (χ1v) is 13.8. The van der Waals surface area contributed by atoms with E-state index >= 15 is 0 Å². The van der Waals surface area contributed by atoms with Crippen LogP contribution in [0.25, 0.3) is 0 Å². The molecule has 0 radical (unpaired) electrons. The molecule has 1 aliphatic rings. The van der Waals surface area contributed by atoms with Crippen LogP contribution in [0, 0.1) is 19.8 Å². The summed E-state index contributed by atoms with van der Waals surface area (Å²) in [5, 5.41) is 0. The van der Waals surface area contributed by atoms with Crippen LogP contribution < -0.4 is 0 Å². The lowest BCUT2D eigenvalue weighted by Gasteiger charge is -2.29. The van der Waals surface area contributed by atoms with E-state index in [4.69, 9.17) is 0 Å². The van der Waals surface area contributed by atoms with Crippen molar-refractivity contribution in [2.24, 2.45) is 5.92 Å². The molecule has 0 N–H and O–H groups in total. The zero-order valence-corrected chi connectivity index (χ0v) is 21.5. The molecule has 2 aromatic carbocycles. The molecule has 176 valence electrons. The Morgan fingerprint density at radius 3 is 1.91 bits per heavy atom. The molecular weight excluding hydrogens is 384 g/mol. The van der Waals surface area contributed by atoms with Crippen LogP contribution in [0.3, 0.4) is 0 Å². The van der Waals surface area contributed by atoms with Gasteiger partial charge in [-0.15, -0.1) is 0 Å². The summed E-state index contributed by atoms with van der Waals surface area (Å²) in [4.78, 5) is 0. The Bertz CT molecular complexity index is 807. The van der Waals surface area contributed by atoms with Crippen molar-refractivity contribution in [3.05, 3.63) is 69.8 Å². The number of unbranched alkanes of at least 4 members (excludes halogenated alkanes) is 4. The van der Waals surface area contributed by atoms with Crippen molar-refractivity contribution in [2.45, 2.75) is 124 Å². The number of benzene rings is 2. The minimum Gasteiger partial charge on any atom is -0.0654 e. The van der Waals surface area contributed by atoms with Crippen LogP contribution in [0.15, 0.2) is 36.4 Å². The van der Waals surface area contributed by atoms with Gasteiger partial charge >= 0.3 is 0 Å². The van der Waals surface area contributed by atoms with Gasteiger partial charge in [0.1, 0.15) is 0 Å². The van der Waals surface area contributed by atoms with Gasteiger partial charge < -0.3 is 0 Å². The van der Waals surface area contributed by atoms with Crippen molar-refractivity contribution < 1.29 is 0 Å². The Balaban J connectivity index is 1.50. The zero-order chi connectivity index (χ0) is 22.8. The molecule has 0 aromatic heterocycles. The van der Waals surface area contributed by atoms with Gasteiger partial charge in [0, 0.05) is 0 Å². The third-order valence-corrected chi connectivity index (χ3v) is 8.04. The second kappa shape index (κ2) is 13.2. The van der Waals surface area contributed by atoms with E-state index in [0.717, 1.165) is 24.7 Å². The van der Waals surface area contributed by atoms with E-state index in [0.29, 0.717) is 0 Å². The molecule has 0 atom stereocenters. The largest absolute Gasteiger partial charge is 0.0654 e. The van der Waals surface area contributed by atoms with Gasteiger partial charge in [-0.05, 0) is 110 Å². The average molecular weight is 433 g/mol. The second-order valence-electron chi connectivity index (χ2n) is 10.6. The molecule has 0 unspecified atom stereocenters. The first-order chi connectivity index (χ1) is 15.6. The van der Waals surface area contributed by atoms with E-state index in [1.807, 2.05) is 0 Å². The van der Waals surface area contributed by atoms with Gasteiger partial charge in [-0.2, -0.15) is 0 Å². The molecule has 0 heterocycles. The van der Waals surface area contributed by atoms with E-state index in [-0.39, 0.29) is 0 Å². The van der Waals surface area contributed by atoms with Crippen molar-refractivity contribution in [2.75, 3.05) is 0 Å². The summed E-state index contributed by atoms with van der Waals surface area (Å²) in [6.07, 6.45) is 18.9. The fourth-order valence-electron chi connectivity index (χ4n) is 5.76. The van der Waals surface area contributed by atoms with Crippen LogP contribution in [-0.2, 0) is 19.3 Å². The number of aryl methyl sites for hydroxylation is 5. The van der Waals surface area contributed by atoms with Crippen LogP contribution >= 0.6 is 0 Å². The summed E-state index contributed by atoms with van der Waals surface area (Å²) < 4.78 is 0. The van der Waals surface area contributed by atoms with Gasteiger partial charge in [-0.25, -0.2) is 0 Å². The Hall–Kier alpha value is -1.56. The molecule has 3 rings (SSSR count). The van der Waals surface area contributed by atoms with Crippen LogP contribution in [0.4, 0.5) is 0 Å². The summed E-state index contributed by atoms with van der Waals surface area (Å²) in [7, 11) is 0. The Morgan fingerprint density at radius 1 is 0.656 bits per heavy atom. The normalized spacial score (nSPS) is 18.8. The van der Waals surface area contributed by atoms with Gasteiger partial charge in [0.2, 0.25) is 0 Å². The summed E-state index contributed by atoms with van der Waals surface area (Å²) in [5.74, 6) is 1.80. The Morgan fingerprint density at radius 2 is 1.28 bits per heavy atom. The summed E-state index contributed by atoms with van der Waals surface area (Å²) >= 11 is 0. The minimum absolute atomic E-state index is 0.799. The number of hydrogen-bond donors (Lipinski definition) is 0. The molecule has 0 saturated heterocycles. The van der Waals surface area contributed by atoms with E-state index < -0.39 is 0 Å². The van der Waals surface area contributed by atoms with E-state index in [2.05, 4.69) is 64.1 Å². The molecule has 0 nitrogen and oxygen atoms in total. The van der Waals surface area contributed by atoms with Crippen LogP contribution in [0.5, 0.6) is 0 Å². The van der Waals surface area contributed by atoms with E-state index in [1.54, 1.807) is 5.56 Å². The highest BCUT2D eigenvalue weighted by atomic mass is 14.3. The quantitative estimate of drug-likeness (QED) is 0.293. The maximum absolute atomic E-state index is 2.51. The SMILES string of the molecule is CCCCCc1ccc(CCc2ccc(C3CCC(CCCCC)CC3)cc2C)c(C)c1. The molecular formula is C32H48. The summed E-state index contributed by atoms with van der Waals surface area (Å²) in [5.41, 5.74) is 9.15. The molecule has 0 amide bonds. The smallest absolute Gasteiger partial charge is 0.0162 e. The maximum Gasteiger partial charge on any atom is -0.0162 e. The standard InChI is InChI=1S/C32H48/c1-5-7-9-11-27-13-17-31(18-14-27)32-22-21-30(26(4)24-32)20-19-29-16-15-28(23-25(29)3)12-10-8-6-2/h15-16,21-24,27,31H,5-14,17-20H2,1-4H3. The van der Waals surface area contributed by atoms with Crippen molar-refractivity contribution in [1.82, 2.24) is 0 Å². The highest BCUT2D eigenvalue weighted by molar-refractivity contribution is 5.36. The second-order valence-corrected chi connectivity index (χ2v) is 10.6. The third-order valence-electron chi connectivity index (χ3n) is 8.04. The van der Waals surface area contributed by atoms with Crippen LogP contribution in [0.2, 0.25) is 0 Å². The van der Waals surface area contributed by atoms with Gasteiger partial charge in [-0.3, -0.25) is 0 Å². The molecule has 0 bridgehead atoms. The van der Waals surface area contributed by atoms with Gasteiger partial charge in [-0.1, -0.05) is 88.8 Å². The molecule has 1 fully saturated rings. The average Bonchev–Trinajstić information content (AvgIpc) is 2.80. The predicted octanol–water partition coefficient (Wildman–Crippen LogP) is 9.68. The van der Waals surface area contributed by atoms with Gasteiger partial charge in [0.15, 0.2) is 0 Å². The minimum atomic E-state index is 0.799. The molecule has 0 heteroatoms. The fraction of sp³-hybridized carbons (Fsp3) is 0.625. The molecule has 2 aromatic rings. The van der Waals surface area contributed by atoms with Crippen molar-refractivity contribution >= 4 is 0 Å². The van der Waals surface area contributed by atoms with Crippen LogP contribution in [0.1, 0.15) is 124 Å². The predicted molar refractivity (Wildman–Crippen MR) is 142 cm³/mol. The lowest BCUT2D eigenvalue weighted by Crippen LogP contribution is -2.13. The molecule has 1 saturated carbocycles. The summed E-state index contributed by atoms with van der Waals surface area (Å²) in [6.45, 7) is 9.23. The first-order valence-electron chi connectivity index (χ1n) is 13.8. The number of rotatable bonds is 12. The Kier molecular flexibility index (Phi) is 10.4. The lowest BCUT2D eigenvalue weighted by atomic mass is 9.76. The monoisotopic (exact) mass is 432 g/mol. The molecule has 1 aliphatic carbocycles. The van der Waals surface area contributed by atoms with Gasteiger partial charge in [0.25, 0.3) is 0 Å². The molecule has 0 spiro atoms. The molecule has 0 aliphatic heterocycles. The van der Waals surface area contributed by atoms with E-state index in [9.17, 15) is 0 Å². The lowest BCUT2D eigenvalue weighted by molar-refractivity contribution is 0.302. The van der Waals surface area contributed by atoms with Crippen molar-refractivity contribution in [3.8, 4) is 0 Å². The highest BCUT2D eigenvalue weighted by Crippen LogP contribution is 2.38. The topological polar surface area (TPSA) is 0 Å². The highest BCUT2D eigenvalue weighted by Gasteiger charge is 2.22. The fourth-order valence-corrected chi connectivity index (χ4v) is 5.76. The van der Waals surface area contributed by atoms with Gasteiger partial charge in [0.05, 0.1) is 0 Å². The third kappa shape index (κ3) is 7.50. The maximum atomic E-state index is 2.51. The van der Waals surface area contributed by atoms with Crippen molar-refractivity contribution in [3.63, 3.8) is 0 Å². The first kappa shape index (κ1) is 25.1. The summed E-state index contributed by atoms with van der Waals surface area (Å²) in [6, 6.07) is 14.6. The number of hydrogen-bond acceptors (Lipinski definition) is 0.